The van der Waals surface area contributed by atoms with Crippen LogP contribution >= 0.6 is 15.9 Å². The van der Waals surface area contributed by atoms with Crippen LogP contribution in [0.15, 0.2) is 12.2 Å². The smallest absolute Gasteiger partial charge is 0.0276 e. The van der Waals surface area contributed by atoms with Crippen LogP contribution in [0.3, 0.4) is 0 Å². The molecule has 3 aliphatic rings. The molecular formula is C10H13Br. The largest absolute Gasteiger partial charge is 0.0879 e. The maximum Gasteiger partial charge on any atom is 0.0276 e. The van der Waals surface area contributed by atoms with Gasteiger partial charge >= 0.3 is 0 Å². The number of rotatable bonds is 0. The van der Waals surface area contributed by atoms with Crippen LogP contribution in [0.5, 0.6) is 0 Å². The Labute approximate surface area is 76.2 Å². The van der Waals surface area contributed by atoms with Gasteiger partial charge in [0.15, 0.2) is 0 Å². The lowest BCUT2D eigenvalue weighted by Crippen LogP contribution is -2.08. The van der Waals surface area contributed by atoms with Gasteiger partial charge in [0, 0.05) is 4.83 Å². The van der Waals surface area contributed by atoms with Crippen LogP contribution in [0.4, 0.5) is 0 Å². The van der Waals surface area contributed by atoms with Gasteiger partial charge in [-0.2, -0.15) is 0 Å². The van der Waals surface area contributed by atoms with Gasteiger partial charge in [-0.3, -0.25) is 0 Å². The Morgan fingerprint density at radius 3 is 2.18 bits per heavy atom. The first kappa shape index (κ1) is 6.71. The molecule has 11 heavy (non-hydrogen) atoms. The van der Waals surface area contributed by atoms with Crippen molar-refractivity contribution in [1.82, 2.24) is 0 Å². The van der Waals surface area contributed by atoms with Crippen LogP contribution in [0.2, 0.25) is 0 Å². The van der Waals surface area contributed by atoms with E-state index >= 15 is 0 Å². The highest BCUT2D eigenvalue weighted by Crippen LogP contribution is 2.80. The Kier molecular flexibility index (Phi) is 1.07. The minimum atomic E-state index is 0.724. The quantitative estimate of drug-likeness (QED) is 0.428. The molecule has 60 valence electrons. The zero-order valence-electron chi connectivity index (χ0n) is 6.65. The fourth-order valence-electron chi connectivity index (χ4n) is 3.55. The Bertz CT molecular complexity index is 211. The third-order valence-corrected chi connectivity index (χ3v) is 6.01. The van der Waals surface area contributed by atoms with Gasteiger partial charge in [0.2, 0.25) is 0 Å². The molecule has 3 aliphatic carbocycles. The molecule has 2 atom stereocenters. The minimum absolute atomic E-state index is 0.724. The number of allylic oxidation sites excluding steroid dienone is 2. The van der Waals surface area contributed by atoms with E-state index in [4.69, 9.17) is 0 Å². The Hall–Kier alpha value is 0.220. The molecule has 2 unspecified atom stereocenters. The second-order valence-corrected chi connectivity index (χ2v) is 5.32. The lowest BCUT2D eigenvalue weighted by Gasteiger charge is -2.18. The standard InChI is InChI=1S/C10H13Br/c11-8-9-4-1-2-5-10(8,9)7-3-6-9/h1-2,8H,3-7H2. The van der Waals surface area contributed by atoms with Gasteiger partial charge in [-0.05, 0) is 36.5 Å². The van der Waals surface area contributed by atoms with Gasteiger partial charge in [0.05, 0.1) is 0 Å². The summed E-state index contributed by atoms with van der Waals surface area (Å²) in [5.74, 6) is 0. The molecule has 0 heterocycles. The van der Waals surface area contributed by atoms with Gasteiger partial charge in [0.25, 0.3) is 0 Å². The van der Waals surface area contributed by atoms with Crippen LogP contribution < -0.4 is 0 Å². The molecule has 0 N–H and O–H groups in total. The monoisotopic (exact) mass is 212 g/mol. The van der Waals surface area contributed by atoms with Crippen LogP contribution in [0.25, 0.3) is 0 Å². The second kappa shape index (κ2) is 1.76. The molecule has 2 fully saturated rings. The summed E-state index contributed by atoms with van der Waals surface area (Å²) in [4.78, 5) is 0.853. The molecule has 0 aromatic rings. The summed E-state index contributed by atoms with van der Waals surface area (Å²) in [6, 6.07) is 0. The van der Waals surface area contributed by atoms with E-state index in [1.54, 1.807) is 0 Å². The third-order valence-electron chi connectivity index (χ3n) is 4.26. The predicted molar refractivity (Wildman–Crippen MR) is 49.8 cm³/mol. The van der Waals surface area contributed by atoms with Crippen LogP contribution in [0, 0.1) is 10.8 Å². The SMILES string of the molecule is BrC1C23CC=CCC12CCC3. The Morgan fingerprint density at radius 2 is 1.64 bits per heavy atom. The number of alkyl halides is 1. The van der Waals surface area contributed by atoms with E-state index in [-0.39, 0.29) is 0 Å². The van der Waals surface area contributed by atoms with Gasteiger partial charge < -0.3 is 0 Å². The van der Waals surface area contributed by atoms with Crippen molar-refractivity contribution in [3.8, 4) is 0 Å². The summed E-state index contributed by atoms with van der Waals surface area (Å²) in [5.41, 5.74) is 1.45. The summed E-state index contributed by atoms with van der Waals surface area (Å²) in [7, 11) is 0. The second-order valence-electron chi connectivity index (χ2n) is 4.41. The van der Waals surface area contributed by atoms with Gasteiger partial charge in [0.1, 0.15) is 0 Å². The van der Waals surface area contributed by atoms with Crippen molar-refractivity contribution in [2.45, 2.75) is 36.9 Å². The lowest BCUT2D eigenvalue weighted by atomic mass is 9.86. The molecule has 0 radical (unpaired) electrons. The molecule has 0 bridgehead atoms. The summed E-state index contributed by atoms with van der Waals surface area (Å²) in [6.07, 6.45) is 11.9. The fourth-order valence-corrected chi connectivity index (χ4v) is 5.17. The molecule has 2 saturated carbocycles. The maximum atomic E-state index is 3.86. The average molecular weight is 213 g/mol. The zero-order chi connectivity index (χ0) is 7.53. The van der Waals surface area contributed by atoms with Gasteiger partial charge in [-0.1, -0.05) is 34.5 Å². The first-order valence-corrected chi connectivity index (χ1v) is 5.53. The highest BCUT2D eigenvalue weighted by molar-refractivity contribution is 9.09. The summed E-state index contributed by atoms with van der Waals surface area (Å²) in [6.45, 7) is 0. The van der Waals surface area contributed by atoms with Crippen molar-refractivity contribution >= 4 is 15.9 Å². The van der Waals surface area contributed by atoms with E-state index in [0.717, 1.165) is 15.7 Å². The number of hydrogen-bond donors (Lipinski definition) is 0. The van der Waals surface area contributed by atoms with E-state index in [9.17, 15) is 0 Å². The van der Waals surface area contributed by atoms with Crippen molar-refractivity contribution in [3.05, 3.63) is 12.2 Å². The van der Waals surface area contributed by atoms with Crippen molar-refractivity contribution in [2.24, 2.45) is 10.8 Å². The van der Waals surface area contributed by atoms with E-state index < -0.39 is 0 Å². The van der Waals surface area contributed by atoms with Gasteiger partial charge in [-0.15, -0.1) is 0 Å². The molecule has 0 spiro atoms. The first-order valence-electron chi connectivity index (χ1n) is 4.61. The molecule has 1 heteroatoms. The Balaban J connectivity index is 2.05. The van der Waals surface area contributed by atoms with Gasteiger partial charge in [-0.25, -0.2) is 0 Å². The molecule has 0 aliphatic heterocycles. The van der Waals surface area contributed by atoms with E-state index in [2.05, 4.69) is 28.1 Å². The normalized spacial score (nSPS) is 58.8. The Morgan fingerprint density at radius 1 is 1.09 bits per heavy atom. The van der Waals surface area contributed by atoms with Crippen molar-refractivity contribution in [3.63, 3.8) is 0 Å². The average Bonchev–Trinajstić information content (AvgIpc) is 2.44. The van der Waals surface area contributed by atoms with E-state index in [1.165, 1.54) is 32.1 Å². The molecule has 0 aromatic carbocycles. The van der Waals surface area contributed by atoms with Crippen molar-refractivity contribution in [2.75, 3.05) is 0 Å². The summed E-state index contributed by atoms with van der Waals surface area (Å²) < 4.78 is 0. The molecule has 0 aromatic heterocycles. The van der Waals surface area contributed by atoms with Crippen LogP contribution in [-0.4, -0.2) is 4.83 Å². The minimum Gasteiger partial charge on any atom is -0.0879 e. The fraction of sp³-hybridized carbons (Fsp3) is 0.800. The first-order chi connectivity index (χ1) is 5.32. The molecule has 0 amide bonds. The molecule has 0 saturated heterocycles. The van der Waals surface area contributed by atoms with Crippen LogP contribution in [0.1, 0.15) is 32.1 Å². The highest BCUT2D eigenvalue weighted by atomic mass is 79.9. The molecular weight excluding hydrogens is 200 g/mol. The van der Waals surface area contributed by atoms with E-state index in [0.29, 0.717) is 0 Å². The van der Waals surface area contributed by atoms with Crippen LogP contribution in [-0.2, 0) is 0 Å². The zero-order valence-corrected chi connectivity index (χ0v) is 8.23. The summed E-state index contributed by atoms with van der Waals surface area (Å²) in [5, 5.41) is 0. The lowest BCUT2D eigenvalue weighted by molar-refractivity contribution is 0.380. The van der Waals surface area contributed by atoms with E-state index in [1.807, 2.05) is 0 Å². The van der Waals surface area contributed by atoms with Crippen molar-refractivity contribution in [1.29, 1.82) is 0 Å². The maximum absolute atomic E-state index is 3.86. The highest BCUT2D eigenvalue weighted by Gasteiger charge is 2.76. The number of halogens is 1. The topological polar surface area (TPSA) is 0 Å². The number of hydrogen-bond acceptors (Lipinski definition) is 0. The third kappa shape index (κ3) is 0.526. The molecule has 0 nitrogen and oxygen atoms in total. The summed E-state index contributed by atoms with van der Waals surface area (Å²) >= 11 is 3.86. The molecule has 3 rings (SSSR count). The predicted octanol–water partition coefficient (Wildman–Crippen LogP) is 3.27. The van der Waals surface area contributed by atoms with Crippen molar-refractivity contribution < 1.29 is 0 Å².